The summed E-state index contributed by atoms with van der Waals surface area (Å²) in [5.41, 5.74) is 9.48. The molecule has 1 fully saturated rings. The largest absolute Gasteiger partial charge is 0.507 e. The van der Waals surface area contributed by atoms with Crippen molar-refractivity contribution in [2.24, 2.45) is 5.92 Å². The van der Waals surface area contributed by atoms with Gasteiger partial charge in [0.05, 0.1) is 0 Å². The molecule has 0 radical (unpaired) electrons. The fraction of sp³-hybridized carbons (Fsp3) is 0.538. The Balaban J connectivity index is 1.97. The quantitative estimate of drug-likeness (QED) is 0.601. The average Bonchev–Trinajstić information content (AvgIpc) is 2.65. The van der Waals surface area contributed by atoms with Crippen LogP contribution in [0.1, 0.15) is 83.5 Å². The van der Waals surface area contributed by atoms with Crippen LogP contribution in [0.4, 0.5) is 0 Å². The Morgan fingerprint density at radius 1 is 0.821 bits per heavy atom. The highest BCUT2D eigenvalue weighted by Crippen LogP contribution is 2.51. The fourth-order valence-corrected chi connectivity index (χ4v) is 5.44. The predicted octanol–water partition coefficient (Wildman–Crippen LogP) is 6.81. The first-order valence-corrected chi connectivity index (χ1v) is 10.6. The molecule has 28 heavy (non-hydrogen) atoms. The maximum Gasteiger partial charge on any atom is 0.121 e. The van der Waals surface area contributed by atoms with Gasteiger partial charge in [-0.3, -0.25) is 0 Å². The molecule has 0 aliphatic heterocycles. The Kier molecular flexibility index (Phi) is 5.29. The van der Waals surface area contributed by atoms with E-state index in [0.29, 0.717) is 23.3 Å². The van der Waals surface area contributed by atoms with E-state index in [9.17, 15) is 10.2 Å². The van der Waals surface area contributed by atoms with Crippen LogP contribution in [0.3, 0.4) is 0 Å². The van der Waals surface area contributed by atoms with Crippen LogP contribution in [0.2, 0.25) is 0 Å². The lowest BCUT2D eigenvalue weighted by Crippen LogP contribution is -2.36. The summed E-state index contributed by atoms with van der Waals surface area (Å²) >= 11 is 0. The van der Waals surface area contributed by atoms with E-state index < -0.39 is 0 Å². The number of rotatable bonds is 2. The number of hydrogen-bond acceptors (Lipinski definition) is 2. The van der Waals surface area contributed by atoms with Crippen molar-refractivity contribution in [3.63, 3.8) is 0 Å². The van der Waals surface area contributed by atoms with Crippen molar-refractivity contribution in [2.75, 3.05) is 0 Å². The van der Waals surface area contributed by atoms with Gasteiger partial charge in [0.25, 0.3) is 0 Å². The number of phenolic OH excluding ortho intramolecular Hbond substituents is 2. The summed E-state index contributed by atoms with van der Waals surface area (Å²) in [4.78, 5) is 0. The lowest BCUT2D eigenvalue weighted by Gasteiger charge is -2.45. The van der Waals surface area contributed by atoms with Crippen molar-refractivity contribution in [2.45, 2.75) is 86.0 Å². The second-order valence-corrected chi connectivity index (χ2v) is 9.51. The molecular weight excluding hydrogens is 344 g/mol. The van der Waals surface area contributed by atoms with E-state index in [1.54, 1.807) is 0 Å². The molecule has 2 aromatic carbocycles. The molecule has 3 atom stereocenters. The minimum atomic E-state index is 0.128. The van der Waals surface area contributed by atoms with Gasteiger partial charge >= 0.3 is 0 Å². The monoisotopic (exact) mass is 380 g/mol. The van der Waals surface area contributed by atoms with Crippen molar-refractivity contribution in [1.82, 2.24) is 0 Å². The van der Waals surface area contributed by atoms with E-state index in [1.165, 1.54) is 22.3 Å². The highest BCUT2D eigenvalue weighted by molar-refractivity contribution is 5.54. The van der Waals surface area contributed by atoms with E-state index in [0.717, 1.165) is 41.5 Å². The smallest absolute Gasteiger partial charge is 0.121 e. The normalized spacial score (nSPS) is 25.1. The number of benzene rings is 2. The summed E-state index contributed by atoms with van der Waals surface area (Å²) in [6, 6.07) is 4.37. The number of aryl methyl sites for hydroxylation is 2. The van der Waals surface area contributed by atoms with Crippen LogP contribution in [0.5, 0.6) is 11.5 Å². The zero-order chi connectivity index (χ0) is 21.0. The Morgan fingerprint density at radius 3 is 1.79 bits per heavy atom. The third-order valence-corrected chi connectivity index (χ3v) is 7.94. The van der Waals surface area contributed by atoms with Crippen molar-refractivity contribution in [3.05, 3.63) is 56.6 Å². The Hall–Kier alpha value is -1.96. The molecule has 0 spiro atoms. The third-order valence-electron chi connectivity index (χ3n) is 7.94. The molecule has 0 saturated heterocycles. The molecule has 1 aliphatic rings. The minimum Gasteiger partial charge on any atom is -0.507 e. The molecule has 2 N–H and O–H groups in total. The van der Waals surface area contributed by atoms with E-state index in [-0.39, 0.29) is 5.41 Å². The molecule has 2 heteroatoms. The maximum absolute atomic E-state index is 10.4. The fourth-order valence-electron chi connectivity index (χ4n) is 5.44. The molecule has 1 saturated carbocycles. The Bertz CT molecular complexity index is 873. The van der Waals surface area contributed by atoms with Crippen molar-refractivity contribution in [1.29, 1.82) is 0 Å². The SMILES string of the molecule is Cc1cc(C2(C)CCC(c3c(C)c(C)c(O)c(C)c3C)CC2C)cc(C)c1O. The molecule has 0 amide bonds. The van der Waals surface area contributed by atoms with Crippen LogP contribution in [-0.2, 0) is 5.41 Å². The van der Waals surface area contributed by atoms with Crippen LogP contribution < -0.4 is 0 Å². The Morgan fingerprint density at radius 2 is 1.32 bits per heavy atom. The zero-order valence-corrected chi connectivity index (χ0v) is 18.8. The second kappa shape index (κ2) is 7.13. The van der Waals surface area contributed by atoms with E-state index in [4.69, 9.17) is 0 Å². The predicted molar refractivity (Wildman–Crippen MR) is 118 cm³/mol. The average molecular weight is 381 g/mol. The summed E-state index contributed by atoms with van der Waals surface area (Å²) in [5.74, 6) is 1.97. The molecule has 1 aliphatic carbocycles. The Labute approximate surface area is 170 Å². The van der Waals surface area contributed by atoms with Crippen LogP contribution in [0, 0.1) is 47.5 Å². The number of hydrogen-bond donors (Lipinski definition) is 2. The minimum absolute atomic E-state index is 0.128. The van der Waals surface area contributed by atoms with Crippen LogP contribution in [-0.4, -0.2) is 10.2 Å². The molecule has 3 unspecified atom stereocenters. The van der Waals surface area contributed by atoms with Crippen LogP contribution in [0.25, 0.3) is 0 Å². The topological polar surface area (TPSA) is 40.5 Å². The molecular formula is C26H36O2. The van der Waals surface area contributed by atoms with Crippen LogP contribution >= 0.6 is 0 Å². The lowest BCUT2D eigenvalue weighted by atomic mass is 9.60. The first kappa shape index (κ1) is 20.8. The van der Waals surface area contributed by atoms with Gasteiger partial charge in [-0.15, -0.1) is 0 Å². The van der Waals surface area contributed by atoms with E-state index in [1.807, 2.05) is 27.7 Å². The molecule has 0 aromatic heterocycles. The van der Waals surface area contributed by atoms with Crippen molar-refractivity contribution < 1.29 is 10.2 Å². The first-order valence-electron chi connectivity index (χ1n) is 10.6. The van der Waals surface area contributed by atoms with Gasteiger partial charge in [-0.25, -0.2) is 0 Å². The van der Waals surface area contributed by atoms with Gasteiger partial charge in [-0.2, -0.15) is 0 Å². The molecule has 152 valence electrons. The summed E-state index contributed by atoms with van der Waals surface area (Å²) in [7, 11) is 0. The van der Waals surface area contributed by atoms with Crippen molar-refractivity contribution in [3.8, 4) is 11.5 Å². The van der Waals surface area contributed by atoms with Gasteiger partial charge in [0.1, 0.15) is 11.5 Å². The van der Waals surface area contributed by atoms with Gasteiger partial charge in [0, 0.05) is 0 Å². The van der Waals surface area contributed by atoms with Gasteiger partial charge in [-0.05, 0) is 123 Å². The zero-order valence-electron chi connectivity index (χ0n) is 18.8. The molecule has 2 nitrogen and oxygen atoms in total. The summed E-state index contributed by atoms with van der Waals surface area (Å²) in [6.45, 7) is 17.2. The maximum atomic E-state index is 10.4. The van der Waals surface area contributed by atoms with E-state index in [2.05, 4.69) is 39.8 Å². The summed E-state index contributed by atoms with van der Waals surface area (Å²) in [6.07, 6.45) is 3.45. The molecule has 3 rings (SSSR count). The second-order valence-electron chi connectivity index (χ2n) is 9.51. The lowest BCUT2D eigenvalue weighted by molar-refractivity contribution is 0.199. The number of phenols is 2. The highest BCUT2D eigenvalue weighted by Gasteiger charge is 2.40. The number of aromatic hydroxyl groups is 2. The molecule has 0 bridgehead atoms. The summed E-state index contributed by atoms with van der Waals surface area (Å²) < 4.78 is 0. The van der Waals surface area contributed by atoms with Crippen LogP contribution in [0.15, 0.2) is 12.1 Å². The molecule has 2 aromatic rings. The third kappa shape index (κ3) is 3.11. The standard InChI is InChI=1S/C26H36O2/c1-14-11-22(12-15(2)24(14)27)26(8)10-9-21(13-16(26)3)23-17(4)19(6)25(28)20(7)18(23)5/h11-12,16,21,27-28H,9-10,13H2,1-8H3. The highest BCUT2D eigenvalue weighted by atomic mass is 16.3. The van der Waals surface area contributed by atoms with Crippen molar-refractivity contribution >= 4 is 0 Å². The van der Waals surface area contributed by atoms with Gasteiger partial charge < -0.3 is 10.2 Å². The summed E-state index contributed by atoms with van der Waals surface area (Å²) in [5, 5.41) is 20.6. The van der Waals surface area contributed by atoms with Gasteiger partial charge in [0.2, 0.25) is 0 Å². The molecule has 0 heterocycles. The van der Waals surface area contributed by atoms with Gasteiger partial charge in [-0.1, -0.05) is 26.0 Å². The first-order chi connectivity index (χ1) is 13.0. The van der Waals surface area contributed by atoms with E-state index >= 15 is 0 Å². The van der Waals surface area contributed by atoms with Gasteiger partial charge in [0.15, 0.2) is 0 Å².